The number of hydrogen-bond donors (Lipinski definition) is 0. The van der Waals surface area contributed by atoms with E-state index in [1.807, 2.05) is 6.08 Å². The molecule has 1 aromatic heterocycles. The van der Waals surface area contributed by atoms with Crippen LogP contribution >= 0.6 is 0 Å². The van der Waals surface area contributed by atoms with Gasteiger partial charge < -0.3 is 9.30 Å². The van der Waals surface area contributed by atoms with Crippen LogP contribution in [0.25, 0.3) is 0 Å². The summed E-state index contributed by atoms with van der Waals surface area (Å²) in [5.74, 6) is 0. The Morgan fingerprint density at radius 2 is 2.00 bits per heavy atom. The van der Waals surface area contributed by atoms with Gasteiger partial charge >= 0.3 is 0 Å². The lowest BCUT2D eigenvalue weighted by Crippen LogP contribution is -2.28. The van der Waals surface area contributed by atoms with Gasteiger partial charge in [-0.15, -0.1) is 6.58 Å². The van der Waals surface area contributed by atoms with E-state index in [2.05, 4.69) is 65.6 Å². The molecule has 0 aliphatic carbocycles. The second-order valence-electron chi connectivity index (χ2n) is 5.63. The minimum Gasteiger partial charge on any atom is -0.383 e. The minimum atomic E-state index is 0.743. The zero-order valence-corrected chi connectivity index (χ0v) is 13.7. The van der Waals surface area contributed by atoms with Gasteiger partial charge in [0.15, 0.2) is 0 Å². The van der Waals surface area contributed by atoms with Gasteiger partial charge in [0.1, 0.15) is 0 Å². The molecule has 0 fully saturated rings. The second-order valence-corrected chi connectivity index (χ2v) is 5.63. The van der Waals surface area contributed by atoms with Crippen molar-refractivity contribution in [2.75, 3.05) is 26.8 Å². The Bertz CT molecular complexity index is 571. The normalized spacial score (nSPS) is 11.0. The molecular formula is C19H26N2O. The first-order valence-corrected chi connectivity index (χ1v) is 7.74. The molecule has 0 saturated carbocycles. The maximum atomic E-state index is 5.19. The van der Waals surface area contributed by atoms with E-state index in [1.54, 1.807) is 7.11 Å². The lowest BCUT2D eigenvalue weighted by atomic mass is 10.1. The van der Waals surface area contributed by atoms with E-state index >= 15 is 0 Å². The smallest absolute Gasteiger partial charge is 0.0589 e. The molecule has 0 N–H and O–H groups in total. The molecule has 0 saturated heterocycles. The molecule has 0 unspecified atom stereocenters. The fourth-order valence-corrected chi connectivity index (χ4v) is 2.50. The van der Waals surface area contributed by atoms with Crippen molar-refractivity contribution in [1.29, 1.82) is 0 Å². The number of aryl methyl sites for hydroxylation is 1. The quantitative estimate of drug-likeness (QED) is 0.659. The number of benzene rings is 1. The summed E-state index contributed by atoms with van der Waals surface area (Å²) in [4.78, 5) is 2.34. The van der Waals surface area contributed by atoms with Crippen molar-refractivity contribution in [3.63, 3.8) is 0 Å². The standard InChI is InChI=1S/C19H26N2O/c1-4-11-20(13-14-22-3)16-19-6-5-12-21(19)15-18-9-7-17(2)8-10-18/h4-10,12H,1,11,13-16H2,2-3H3. The van der Waals surface area contributed by atoms with Crippen LogP contribution in [0.2, 0.25) is 0 Å². The van der Waals surface area contributed by atoms with Crippen LogP contribution < -0.4 is 0 Å². The van der Waals surface area contributed by atoms with Crippen molar-refractivity contribution in [3.8, 4) is 0 Å². The van der Waals surface area contributed by atoms with Gasteiger partial charge in [-0.05, 0) is 24.6 Å². The Morgan fingerprint density at radius 1 is 1.23 bits per heavy atom. The monoisotopic (exact) mass is 298 g/mol. The van der Waals surface area contributed by atoms with Crippen molar-refractivity contribution in [3.05, 3.63) is 72.1 Å². The Labute approximate surface area is 133 Å². The van der Waals surface area contributed by atoms with E-state index in [4.69, 9.17) is 4.74 Å². The minimum absolute atomic E-state index is 0.743. The predicted molar refractivity (Wildman–Crippen MR) is 92.1 cm³/mol. The van der Waals surface area contributed by atoms with Gasteiger partial charge in [-0.2, -0.15) is 0 Å². The van der Waals surface area contributed by atoms with Gasteiger partial charge in [0.2, 0.25) is 0 Å². The Hall–Kier alpha value is -1.84. The average molecular weight is 298 g/mol. The van der Waals surface area contributed by atoms with Crippen LogP contribution in [0.4, 0.5) is 0 Å². The summed E-state index contributed by atoms with van der Waals surface area (Å²) in [5.41, 5.74) is 3.95. The number of rotatable bonds is 9. The predicted octanol–water partition coefficient (Wildman–Crippen LogP) is 3.48. The van der Waals surface area contributed by atoms with Crippen LogP contribution in [-0.2, 0) is 17.8 Å². The highest BCUT2D eigenvalue weighted by atomic mass is 16.5. The zero-order valence-electron chi connectivity index (χ0n) is 13.7. The molecule has 0 bridgehead atoms. The van der Waals surface area contributed by atoms with Crippen LogP contribution in [0.5, 0.6) is 0 Å². The fourth-order valence-electron chi connectivity index (χ4n) is 2.50. The maximum absolute atomic E-state index is 5.19. The molecule has 2 rings (SSSR count). The van der Waals surface area contributed by atoms with E-state index in [0.29, 0.717) is 0 Å². The molecule has 0 amide bonds. The van der Waals surface area contributed by atoms with Crippen molar-refractivity contribution in [2.24, 2.45) is 0 Å². The highest BCUT2D eigenvalue weighted by Gasteiger charge is 2.08. The summed E-state index contributed by atoms with van der Waals surface area (Å²) < 4.78 is 7.51. The molecule has 3 nitrogen and oxygen atoms in total. The molecule has 0 aliphatic heterocycles. The van der Waals surface area contributed by atoms with E-state index in [1.165, 1.54) is 16.8 Å². The van der Waals surface area contributed by atoms with Crippen molar-refractivity contribution >= 4 is 0 Å². The molecular weight excluding hydrogens is 272 g/mol. The summed E-state index contributed by atoms with van der Waals surface area (Å²) in [6, 6.07) is 13.0. The number of aromatic nitrogens is 1. The molecule has 0 radical (unpaired) electrons. The topological polar surface area (TPSA) is 17.4 Å². The van der Waals surface area contributed by atoms with Crippen molar-refractivity contribution in [2.45, 2.75) is 20.0 Å². The van der Waals surface area contributed by atoms with Gasteiger partial charge in [-0.1, -0.05) is 35.9 Å². The highest BCUT2D eigenvalue weighted by molar-refractivity contribution is 5.22. The number of methoxy groups -OCH3 is 1. The van der Waals surface area contributed by atoms with Crippen LogP contribution in [0.15, 0.2) is 55.3 Å². The number of ether oxygens (including phenoxy) is 1. The second kappa shape index (κ2) is 8.57. The van der Waals surface area contributed by atoms with Crippen molar-refractivity contribution in [1.82, 2.24) is 9.47 Å². The summed E-state index contributed by atoms with van der Waals surface area (Å²) >= 11 is 0. The van der Waals surface area contributed by atoms with E-state index in [9.17, 15) is 0 Å². The Kier molecular flexibility index (Phi) is 6.44. The molecule has 3 heteroatoms. The van der Waals surface area contributed by atoms with Gasteiger partial charge in [0.05, 0.1) is 6.61 Å². The molecule has 0 atom stereocenters. The van der Waals surface area contributed by atoms with Crippen LogP contribution in [0, 0.1) is 6.92 Å². The molecule has 118 valence electrons. The summed E-state index contributed by atoms with van der Waals surface area (Å²) in [6.45, 7) is 10.3. The Balaban J connectivity index is 2.04. The van der Waals surface area contributed by atoms with Crippen molar-refractivity contribution < 1.29 is 4.74 Å². The first-order chi connectivity index (χ1) is 10.7. The summed E-state index contributed by atoms with van der Waals surface area (Å²) in [7, 11) is 1.74. The molecule has 1 heterocycles. The fraction of sp³-hybridized carbons (Fsp3) is 0.368. The number of nitrogens with zero attached hydrogens (tertiary/aromatic N) is 2. The van der Waals surface area contributed by atoms with Crippen LogP contribution in [0.3, 0.4) is 0 Å². The van der Waals surface area contributed by atoms with Crippen LogP contribution in [0.1, 0.15) is 16.8 Å². The Morgan fingerprint density at radius 3 is 2.68 bits per heavy atom. The number of hydrogen-bond acceptors (Lipinski definition) is 2. The SMILES string of the molecule is C=CCN(CCOC)Cc1cccn1Cc1ccc(C)cc1. The van der Waals surface area contributed by atoms with E-state index < -0.39 is 0 Å². The van der Waals surface area contributed by atoms with E-state index in [-0.39, 0.29) is 0 Å². The molecule has 1 aromatic carbocycles. The average Bonchev–Trinajstić information content (AvgIpc) is 2.94. The highest BCUT2D eigenvalue weighted by Crippen LogP contribution is 2.11. The lowest BCUT2D eigenvalue weighted by Gasteiger charge is -2.21. The van der Waals surface area contributed by atoms with Gasteiger partial charge in [-0.25, -0.2) is 0 Å². The summed E-state index contributed by atoms with van der Waals surface area (Å²) in [6.07, 6.45) is 4.10. The van der Waals surface area contributed by atoms with Gasteiger partial charge in [-0.3, -0.25) is 4.90 Å². The third-order valence-corrected chi connectivity index (χ3v) is 3.78. The molecule has 0 aliphatic rings. The van der Waals surface area contributed by atoms with Gasteiger partial charge in [0.25, 0.3) is 0 Å². The first-order valence-electron chi connectivity index (χ1n) is 7.74. The van der Waals surface area contributed by atoms with Crippen LogP contribution in [-0.4, -0.2) is 36.3 Å². The summed E-state index contributed by atoms with van der Waals surface area (Å²) in [5, 5.41) is 0. The molecule has 0 spiro atoms. The largest absolute Gasteiger partial charge is 0.383 e. The third-order valence-electron chi connectivity index (χ3n) is 3.78. The van der Waals surface area contributed by atoms with Gasteiger partial charge in [0, 0.05) is 45.2 Å². The lowest BCUT2D eigenvalue weighted by molar-refractivity contribution is 0.150. The molecule has 22 heavy (non-hydrogen) atoms. The zero-order chi connectivity index (χ0) is 15.8. The van der Waals surface area contributed by atoms with E-state index in [0.717, 1.165) is 32.8 Å². The first kappa shape index (κ1) is 16.5. The molecule has 2 aromatic rings. The maximum Gasteiger partial charge on any atom is 0.0589 e. The third kappa shape index (κ3) is 4.86.